The van der Waals surface area contributed by atoms with Crippen molar-refractivity contribution >= 4 is 44.8 Å². The number of aliphatic hydroxyl groups excluding tert-OH is 1. The number of carbonyl (C=O) groups excluding carboxylic acids is 2. The summed E-state index contributed by atoms with van der Waals surface area (Å²) in [7, 11) is 0. The van der Waals surface area contributed by atoms with Crippen molar-refractivity contribution in [1.29, 1.82) is 0 Å². The number of hydrogen-bond acceptors (Lipinski definition) is 11. The van der Waals surface area contributed by atoms with Gasteiger partial charge in [-0.15, -0.1) is 20.4 Å². The molecule has 11 nitrogen and oxygen atoms in total. The van der Waals surface area contributed by atoms with Crippen LogP contribution in [0.5, 0.6) is 0 Å². The van der Waals surface area contributed by atoms with E-state index in [-0.39, 0.29) is 11.0 Å². The Morgan fingerprint density at radius 1 is 0.814 bits per heavy atom. The molecule has 4 rings (SSSR count). The number of anilines is 2. The molecule has 0 saturated heterocycles. The fraction of sp³-hybridized carbons (Fsp3) is 0.400. The highest BCUT2D eigenvalue weighted by atomic mass is 32.1. The topological polar surface area (TPSA) is 170 Å². The van der Waals surface area contributed by atoms with E-state index in [1.54, 1.807) is 44.2 Å². The fourth-order valence-corrected chi connectivity index (χ4v) is 5.89. The molecule has 0 radical (unpaired) electrons. The average Bonchev–Trinajstić information content (AvgIpc) is 3.64. The van der Waals surface area contributed by atoms with Crippen molar-refractivity contribution in [1.82, 2.24) is 20.4 Å². The van der Waals surface area contributed by atoms with Crippen LogP contribution >= 0.6 is 22.7 Å². The second-order valence-corrected chi connectivity index (χ2v) is 13.0. The van der Waals surface area contributed by atoms with Gasteiger partial charge in [0.25, 0.3) is 5.91 Å². The summed E-state index contributed by atoms with van der Waals surface area (Å²) in [5.41, 5.74) is -1.92. The summed E-state index contributed by atoms with van der Waals surface area (Å²) in [5, 5.41) is 55.9. The molecule has 0 aliphatic rings. The molecule has 2 aromatic carbocycles. The number of carbonyl (C=O) groups is 2. The largest absolute Gasteiger partial charge is 0.389 e. The molecule has 2 amide bonds. The summed E-state index contributed by atoms with van der Waals surface area (Å²) in [6.45, 7) is 4.61. The van der Waals surface area contributed by atoms with Crippen LogP contribution < -0.4 is 10.6 Å². The van der Waals surface area contributed by atoms with Crippen molar-refractivity contribution < 1.29 is 24.9 Å². The van der Waals surface area contributed by atoms with Crippen LogP contribution in [0.4, 0.5) is 10.3 Å². The first-order chi connectivity index (χ1) is 20.5. The van der Waals surface area contributed by atoms with E-state index in [9.17, 15) is 24.9 Å². The van der Waals surface area contributed by atoms with Crippen molar-refractivity contribution in [3.05, 3.63) is 81.8 Å². The van der Waals surface area contributed by atoms with Crippen molar-refractivity contribution in [2.75, 3.05) is 10.6 Å². The van der Waals surface area contributed by atoms with Gasteiger partial charge in [-0.05, 0) is 37.8 Å². The Hall–Kier alpha value is -3.62. The first kappa shape index (κ1) is 32.3. The molecule has 4 atom stereocenters. The molecule has 43 heavy (non-hydrogen) atoms. The molecule has 0 aliphatic carbocycles. The van der Waals surface area contributed by atoms with Crippen molar-refractivity contribution in [2.45, 2.75) is 70.2 Å². The van der Waals surface area contributed by atoms with Gasteiger partial charge in [0.15, 0.2) is 5.60 Å². The zero-order valence-electron chi connectivity index (χ0n) is 24.2. The average molecular weight is 625 g/mol. The number of unbranched alkanes of at least 4 members (excludes halogenated alkanes) is 1. The minimum Gasteiger partial charge on any atom is -0.389 e. The van der Waals surface area contributed by atoms with Gasteiger partial charge in [-0.3, -0.25) is 14.9 Å². The molecule has 0 aliphatic heterocycles. The van der Waals surface area contributed by atoms with E-state index in [2.05, 4.69) is 31.0 Å². The number of rotatable bonds is 14. The Kier molecular flexibility index (Phi) is 10.7. The summed E-state index contributed by atoms with van der Waals surface area (Å²) in [5.74, 6) is -1.76. The molecule has 0 bridgehead atoms. The van der Waals surface area contributed by atoms with Gasteiger partial charge in [0, 0.05) is 19.3 Å². The van der Waals surface area contributed by atoms with Gasteiger partial charge >= 0.3 is 0 Å². The van der Waals surface area contributed by atoms with Gasteiger partial charge in [0.2, 0.25) is 16.2 Å². The summed E-state index contributed by atoms with van der Waals surface area (Å²) in [6.07, 6.45) is 1.82. The number of nitrogens with one attached hydrogen (secondary N) is 2. The number of benzene rings is 2. The Labute approximate surface area is 258 Å². The van der Waals surface area contributed by atoms with Gasteiger partial charge in [0.05, 0.1) is 11.5 Å². The normalized spacial score (nSPS) is 15.6. The molecule has 13 heteroatoms. The first-order valence-corrected chi connectivity index (χ1v) is 15.6. The van der Waals surface area contributed by atoms with Crippen LogP contribution in [0, 0.1) is 5.92 Å². The fourth-order valence-electron chi connectivity index (χ4n) is 4.33. The lowest BCUT2D eigenvalue weighted by atomic mass is 9.84. The monoisotopic (exact) mass is 624 g/mol. The lowest BCUT2D eigenvalue weighted by Crippen LogP contribution is -2.45. The van der Waals surface area contributed by atoms with Crippen LogP contribution in [0.25, 0.3) is 0 Å². The zero-order chi connectivity index (χ0) is 31.0. The first-order valence-electron chi connectivity index (χ1n) is 13.9. The van der Waals surface area contributed by atoms with Crippen LogP contribution in [-0.4, -0.2) is 58.7 Å². The van der Waals surface area contributed by atoms with Crippen molar-refractivity contribution in [3.8, 4) is 0 Å². The predicted molar refractivity (Wildman–Crippen MR) is 166 cm³/mol. The Bertz CT molecular complexity index is 1490. The molecule has 2 aromatic heterocycles. The predicted octanol–water partition coefficient (Wildman–Crippen LogP) is 3.95. The second-order valence-electron chi connectivity index (χ2n) is 10.9. The van der Waals surface area contributed by atoms with E-state index >= 15 is 0 Å². The van der Waals surface area contributed by atoms with E-state index in [4.69, 9.17) is 0 Å². The van der Waals surface area contributed by atoms with Crippen LogP contribution in [0.15, 0.2) is 60.7 Å². The molecule has 4 aromatic rings. The van der Waals surface area contributed by atoms with E-state index < -0.39 is 29.1 Å². The zero-order valence-corrected chi connectivity index (χ0v) is 25.9. The van der Waals surface area contributed by atoms with Gasteiger partial charge in [0.1, 0.15) is 16.1 Å². The standard InChI is InChI=1S/C30H36N6O5S2/c1-19(29(2,40)18-20-12-6-4-7-13-20)25(38)31-27-35-33-22(42-27)16-10-11-17-23-34-36-28(43-23)32-26(39)30(3,41)24(37)21-14-8-5-9-15-21/h4-9,12-15,19,24,37,40-41H,10-11,16-18H2,1-3H3,(H,31,35,38)(H,32,36,39). The third kappa shape index (κ3) is 8.71. The number of aromatic nitrogens is 4. The lowest BCUT2D eigenvalue weighted by molar-refractivity contribution is -0.144. The SMILES string of the molecule is CC(C(=O)Nc1nnc(CCCCc2nnc(NC(=O)C(C)(O)C(O)c3ccccc3)s2)s1)C(C)(O)Cc1ccccc1. The number of amides is 2. The number of aryl methyl sites for hydroxylation is 2. The minimum atomic E-state index is -2.06. The van der Waals surface area contributed by atoms with Crippen LogP contribution in [0.3, 0.4) is 0 Å². The van der Waals surface area contributed by atoms with E-state index in [1.807, 2.05) is 30.3 Å². The van der Waals surface area contributed by atoms with E-state index in [0.717, 1.165) is 28.4 Å². The second kappa shape index (κ2) is 14.2. The molecule has 4 unspecified atom stereocenters. The van der Waals surface area contributed by atoms with Crippen LogP contribution in [0.1, 0.15) is 60.9 Å². The quantitative estimate of drug-likeness (QED) is 0.130. The maximum Gasteiger partial charge on any atom is 0.260 e. The highest BCUT2D eigenvalue weighted by molar-refractivity contribution is 7.15. The smallest absolute Gasteiger partial charge is 0.260 e. The molecular weight excluding hydrogens is 589 g/mol. The van der Waals surface area contributed by atoms with E-state index in [0.29, 0.717) is 30.0 Å². The maximum atomic E-state index is 12.8. The van der Waals surface area contributed by atoms with Gasteiger partial charge in [-0.25, -0.2) is 0 Å². The summed E-state index contributed by atoms with van der Waals surface area (Å²) in [4.78, 5) is 25.5. The van der Waals surface area contributed by atoms with Gasteiger partial charge in [-0.1, -0.05) is 90.3 Å². The van der Waals surface area contributed by atoms with Crippen LogP contribution in [0.2, 0.25) is 0 Å². The summed E-state index contributed by atoms with van der Waals surface area (Å²) < 4.78 is 0. The molecule has 228 valence electrons. The lowest BCUT2D eigenvalue weighted by Gasteiger charge is -2.29. The molecular formula is C30H36N6O5S2. The number of hydrogen-bond donors (Lipinski definition) is 5. The molecule has 0 spiro atoms. The molecule has 0 fully saturated rings. The number of nitrogens with zero attached hydrogens (tertiary/aromatic N) is 4. The molecule has 2 heterocycles. The van der Waals surface area contributed by atoms with Gasteiger partial charge in [-0.2, -0.15) is 0 Å². The number of aliphatic hydroxyl groups is 3. The summed E-state index contributed by atoms with van der Waals surface area (Å²) in [6, 6.07) is 18.0. The third-order valence-electron chi connectivity index (χ3n) is 7.25. The molecule has 0 saturated carbocycles. The maximum absolute atomic E-state index is 12.8. The Morgan fingerprint density at radius 2 is 1.33 bits per heavy atom. The third-order valence-corrected chi connectivity index (χ3v) is 9.05. The van der Waals surface area contributed by atoms with Gasteiger partial charge < -0.3 is 20.6 Å². The highest BCUT2D eigenvalue weighted by Gasteiger charge is 2.40. The Morgan fingerprint density at radius 3 is 1.88 bits per heavy atom. The van der Waals surface area contributed by atoms with Crippen LogP contribution in [-0.2, 0) is 28.9 Å². The Balaban J connectivity index is 1.20. The molecule has 5 N–H and O–H groups in total. The van der Waals surface area contributed by atoms with Crippen molar-refractivity contribution in [2.24, 2.45) is 5.92 Å². The van der Waals surface area contributed by atoms with Crippen molar-refractivity contribution in [3.63, 3.8) is 0 Å². The highest BCUT2D eigenvalue weighted by Crippen LogP contribution is 2.28. The summed E-state index contributed by atoms with van der Waals surface area (Å²) >= 11 is 2.51. The minimum absolute atomic E-state index is 0.238. The van der Waals surface area contributed by atoms with E-state index in [1.165, 1.54) is 29.6 Å².